The molecule has 0 unspecified atom stereocenters. The molecule has 0 aliphatic carbocycles. The zero-order valence-electron chi connectivity index (χ0n) is 15.7. The third kappa shape index (κ3) is 4.64. The van der Waals surface area contributed by atoms with E-state index in [9.17, 15) is 4.79 Å². The van der Waals surface area contributed by atoms with E-state index in [2.05, 4.69) is 41.6 Å². The van der Waals surface area contributed by atoms with Crippen molar-refractivity contribution in [2.75, 3.05) is 12.4 Å². The van der Waals surface area contributed by atoms with Crippen LogP contribution in [0.15, 0.2) is 60.8 Å². The summed E-state index contributed by atoms with van der Waals surface area (Å²) in [6.07, 6.45) is 1.67. The van der Waals surface area contributed by atoms with Crippen LogP contribution in [0, 0.1) is 13.8 Å². The number of aromatic nitrogens is 1. The van der Waals surface area contributed by atoms with E-state index in [0.717, 1.165) is 33.8 Å². The summed E-state index contributed by atoms with van der Waals surface area (Å²) in [5, 5.41) is 6.25. The maximum Gasteiger partial charge on any atom is 0.270 e. The predicted octanol–water partition coefficient (Wildman–Crippen LogP) is 4.38. The van der Waals surface area contributed by atoms with Crippen LogP contribution in [0.25, 0.3) is 0 Å². The van der Waals surface area contributed by atoms with Gasteiger partial charge in [-0.05, 0) is 54.8 Å². The highest BCUT2D eigenvalue weighted by Gasteiger charge is 2.08. The molecule has 27 heavy (non-hydrogen) atoms. The van der Waals surface area contributed by atoms with Gasteiger partial charge in [-0.2, -0.15) is 0 Å². The molecule has 0 saturated heterocycles. The summed E-state index contributed by atoms with van der Waals surface area (Å²) >= 11 is 0. The average molecular weight is 361 g/mol. The SMILES string of the molecule is COc1ccc(CNC(=O)c2ccc(Nc3c(C)cccc3C)cn2)cc1. The van der Waals surface area contributed by atoms with Crippen LogP contribution in [-0.2, 0) is 6.54 Å². The second-order valence-corrected chi connectivity index (χ2v) is 6.35. The Kier molecular flexibility index (Phi) is 5.71. The Labute approximate surface area is 159 Å². The van der Waals surface area contributed by atoms with E-state index in [-0.39, 0.29) is 5.91 Å². The number of rotatable bonds is 6. The van der Waals surface area contributed by atoms with E-state index in [1.165, 1.54) is 0 Å². The molecule has 1 heterocycles. The van der Waals surface area contributed by atoms with Gasteiger partial charge in [0.05, 0.1) is 19.0 Å². The van der Waals surface area contributed by atoms with Crippen molar-refractivity contribution < 1.29 is 9.53 Å². The molecule has 0 atom stereocenters. The molecular formula is C22H23N3O2. The Morgan fingerprint density at radius 1 is 1.00 bits per heavy atom. The van der Waals surface area contributed by atoms with Crippen LogP contribution in [0.2, 0.25) is 0 Å². The van der Waals surface area contributed by atoms with Gasteiger partial charge in [0.15, 0.2) is 0 Å². The van der Waals surface area contributed by atoms with Crippen molar-refractivity contribution in [1.29, 1.82) is 0 Å². The van der Waals surface area contributed by atoms with Crippen molar-refractivity contribution in [3.05, 3.63) is 83.2 Å². The van der Waals surface area contributed by atoms with Crippen LogP contribution >= 0.6 is 0 Å². The van der Waals surface area contributed by atoms with Gasteiger partial charge in [0.2, 0.25) is 0 Å². The van der Waals surface area contributed by atoms with E-state index in [0.29, 0.717) is 12.2 Å². The molecule has 0 saturated carbocycles. The molecule has 2 aromatic carbocycles. The van der Waals surface area contributed by atoms with Gasteiger partial charge >= 0.3 is 0 Å². The van der Waals surface area contributed by atoms with Gasteiger partial charge in [0.25, 0.3) is 5.91 Å². The lowest BCUT2D eigenvalue weighted by Gasteiger charge is -2.12. The summed E-state index contributed by atoms with van der Waals surface area (Å²) in [5.41, 5.74) is 5.62. The molecule has 0 radical (unpaired) electrons. The predicted molar refractivity (Wildman–Crippen MR) is 108 cm³/mol. The monoisotopic (exact) mass is 361 g/mol. The lowest BCUT2D eigenvalue weighted by Crippen LogP contribution is -2.23. The lowest BCUT2D eigenvalue weighted by atomic mass is 10.1. The fraction of sp³-hybridized carbons (Fsp3) is 0.182. The molecule has 0 bridgehead atoms. The van der Waals surface area contributed by atoms with E-state index >= 15 is 0 Å². The highest BCUT2D eigenvalue weighted by Crippen LogP contribution is 2.23. The minimum absolute atomic E-state index is 0.204. The molecule has 3 aromatic rings. The Balaban J connectivity index is 1.61. The number of anilines is 2. The second-order valence-electron chi connectivity index (χ2n) is 6.35. The number of hydrogen-bond donors (Lipinski definition) is 2. The van der Waals surface area contributed by atoms with Crippen molar-refractivity contribution in [2.45, 2.75) is 20.4 Å². The number of nitrogens with one attached hydrogen (secondary N) is 2. The van der Waals surface area contributed by atoms with Gasteiger partial charge in [-0.25, -0.2) is 4.98 Å². The first-order chi connectivity index (χ1) is 13.1. The number of para-hydroxylation sites is 1. The number of pyridine rings is 1. The number of benzene rings is 2. The van der Waals surface area contributed by atoms with Crippen molar-refractivity contribution in [2.24, 2.45) is 0 Å². The van der Waals surface area contributed by atoms with Crippen LogP contribution in [0.1, 0.15) is 27.2 Å². The summed E-state index contributed by atoms with van der Waals surface area (Å²) in [6.45, 7) is 4.56. The Hall–Kier alpha value is -3.34. The number of amides is 1. The Morgan fingerprint density at radius 2 is 1.70 bits per heavy atom. The number of carbonyl (C=O) groups is 1. The maximum absolute atomic E-state index is 12.3. The molecule has 1 aromatic heterocycles. The zero-order valence-corrected chi connectivity index (χ0v) is 15.7. The average Bonchev–Trinajstić information content (AvgIpc) is 2.70. The summed E-state index contributed by atoms with van der Waals surface area (Å²) < 4.78 is 5.13. The molecule has 5 heteroatoms. The standard InChI is InChI=1S/C22H23N3O2/c1-15-5-4-6-16(2)21(15)25-18-9-12-20(23-14-18)22(26)24-13-17-7-10-19(27-3)11-8-17/h4-12,14,25H,13H2,1-3H3,(H,24,26). The van der Waals surface area contributed by atoms with Gasteiger partial charge in [-0.3, -0.25) is 4.79 Å². The first-order valence-electron chi connectivity index (χ1n) is 8.77. The van der Waals surface area contributed by atoms with Crippen LogP contribution in [0.3, 0.4) is 0 Å². The molecule has 138 valence electrons. The normalized spacial score (nSPS) is 10.3. The number of methoxy groups -OCH3 is 1. The molecule has 5 nitrogen and oxygen atoms in total. The van der Waals surface area contributed by atoms with Crippen LogP contribution in [0.4, 0.5) is 11.4 Å². The smallest absolute Gasteiger partial charge is 0.270 e. The lowest BCUT2D eigenvalue weighted by molar-refractivity contribution is 0.0946. The van der Waals surface area contributed by atoms with E-state index in [1.54, 1.807) is 19.4 Å². The highest BCUT2D eigenvalue weighted by atomic mass is 16.5. The highest BCUT2D eigenvalue weighted by molar-refractivity contribution is 5.92. The summed E-state index contributed by atoms with van der Waals surface area (Å²) in [7, 11) is 1.63. The molecule has 0 aliphatic heterocycles. The number of nitrogens with zero attached hydrogens (tertiary/aromatic N) is 1. The molecule has 0 fully saturated rings. The fourth-order valence-electron chi connectivity index (χ4n) is 2.77. The molecule has 1 amide bonds. The second kappa shape index (κ2) is 8.36. The van der Waals surface area contributed by atoms with Crippen molar-refractivity contribution in [3.63, 3.8) is 0 Å². The minimum Gasteiger partial charge on any atom is -0.497 e. The van der Waals surface area contributed by atoms with Gasteiger partial charge in [-0.1, -0.05) is 30.3 Å². The largest absolute Gasteiger partial charge is 0.497 e. The number of hydrogen-bond acceptors (Lipinski definition) is 4. The van der Waals surface area contributed by atoms with Gasteiger partial charge in [0.1, 0.15) is 11.4 Å². The van der Waals surface area contributed by atoms with Crippen molar-refractivity contribution in [1.82, 2.24) is 10.3 Å². The van der Waals surface area contributed by atoms with Gasteiger partial charge < -0.3 is 15.4 Å². The van der Waals surface area contributed by atoms with Gasteiger partial charge in [-0.15, -0.1) is 0 Å². The van der Waals surface area contributed by atoms with Crippen LogP contribution < -0.4 is 15.4 Å². The van der Waals surface area contributed by atoms with E-state index in [1.807, 2.05) is 36.4 Å². The van der Waals surface area contributed by atoms with Crippen LogP contribution in [0.5, 0.6) is 5.75 Å². The van der Waals surface area contributed by atoms with Gasteiger partial charge in [0, 0.05) is 12.2 Å². The first-order valence-corrected chi connectivity index (χ1v) is 8.77. The maximum atomic E-state index is 12.3. The summed E-state index contributed by atoms with van der Waals surface area (Å²) in [4.78, 5) is 16.6. The number of carbonyl (C=O) groups excluding carboxylic acids is 1. The fourth-order valence-corrected chi connectivity index (χ4v) is 2.77. The Morgan fingerprint density at radius 3 is 2.30 bits per heavy atom. The summed E-state index contributed by atoms with van der Waals surface area (Å²) in [6, 6.07) is 17.3. The minimum atomic E-state index is -0.204. The van der Waals surface area contributed by atoms with Crippen molar-refractivity contribution >= 4 is 17.3 Å². The van der Waals surface area contributed by atoms with E-state index in [4.69, 9.17) is 4.74 Å². The third-order valence-electron chi connectivity index (χ3n) is 4.36. The van der Waals surface area contributed by atoms with Crippen LogP contribution in [-0.4, -0.2) is 18.0 Å². The molecule has 3 rings (SSSR count). The quantitative estimate of drug-likeness (QED) is 0.684. The van der Waals surface area contributed by atoms with E-state index < -0.39 is 0 Å². The zero-order chi connectivity index (χ0) is 19.2. The summed E-state index contributed by atoms with van der Waals surface area (Å²) in [5.74, 6) is 0.586. The van der Waals surface area contributed by atoms with Crippen molar-refractivity contribution in [3.8, 4) is 5.75 Å². The molecule has 0 spiro atoms. The Bertz CT molecular complexity index is 899. The number of aryl methyl sites for hydroxylation is 2. The first kappa shape index (κ1) is 18.5. The molecule has 0 aliphatic rings. The molecular weight excluding hydrogens is 338 g/mol. The molecule has 2 N–H and O–H groups in total. The topological polar surface area (TPSA) is 63.2 Å². The third-order valence-corrected chi connectivity index (χ3v) is 4.36. The number of ether oxygens (including phenoxy) is 1.